The number of aryl methyl sites for hydroxylation is 4. The van der Waals surface area contributed by atoms with E-state index in [1.54, 1.807) is 27.7 Å². The Hall–Kier alpha value is -2.88. The van der Waals surface area contributed by atoms with E-state index in [9.17, 15) is 19.8 Å². The summed E-state index contributed by atoms with van der Waals surface area (Å²) in [4.78, 5) is 22.5. The van der Waals surface area contributed by atoms with Crippen LogP contribution in [0.15, 0.2) is 24.3 Å². The van der Waals surface area contributed by atoms with Gasteiger partial charge in [0, 0.05) is 0 Å². The molecule has 0 aliphatic heterocycles. The average Bonchev–Trinajstić information content (AvgIpc) is 2.42. The molecule has 0 unspecified atom stereocenters. The Balaban J connectivity index is 2.39. The summed E-state index contributed by atoms with van der Waals surface area (Å²) < 4.78 is 0. The molecule has 24 heavy (non-hydrogen) atoms. The molecule has 0 amide bonds. The fourth-order valence-electron chi connectivity index (χ4n) is 3.05. The van der Waals surface area contributed by atoms with Crippen molar-refractivity contribution in [3.8, 4) is 0 Å². The molecule has 124 valence electrons. The number of carbonyl (C=O) groups is 2. The van der Waals surface area contributed by atoms with Gasteiger partial charge in [0.1, 0.15) is 0 Å². The van der Waals surface area contributed by atoms with Crippen LogP contribution in [-0.2, 0) is 0 Å². The van der Waals surface area contributed by atoms with E-state index in [4.69, 9.17) is 0 Å². The van der Waals surface area contributed by atoms with Crippen molar-refractivity contribution in [2.75, 3.05) is 0 Å². The lowest BCUT2D eigenvalue weighted by molar-refractivity contribution is 0.0684. The molecule has 4 nitrogen and oxygen atoms in total. The number of carboxylic acids is 2. The van der Waals surface area contributed by atoms with Gasteiger partial charge >= 0.3 is 11.9 Å². The van der Waals surface area contributed by atoms with Gasteiger partial charge in [-0.2, -0.15) is 0 Å². The first-order valence-corrected chi connectivity index (χ1v) is 7.58. The molecule has 0 bridgehead atoms. The number of hydrogen-bond donors (Lipinski definition) is 2. The summed E-state index contributed by atoms with van der Waals surface area (Å²) >= 11 is 0. The lowest BCUT2D eigenvalue weighted by atomic mass is 9.97. The van der Waals surface area contributed by atoms with Crippen LogP contribution in [0, 0.1) is 27.7 Å². The predicted octanol–water partition coefficient (Wildman–Crippen LogP) is 4.49. The lowest BCUT2D eigenvalue weighted by Crippen LogP contribution is -2.03. The van der Waals surface area contributed by atoms with Crippen molar-refractivity contribution >= 4 is 24.1 Å². The van der Waals surface area contributed by atoms with Crippen LogP contribution in [0.5, 0.6) is 0 Å². The van der Waals surface area contributed by atoms with Gasteiger partial charge in [0.15, 0.2) is 0 Å². The molecule has 0 radical (unpaired) electrons. The predicted molar refractivity (Wildman–Crippen MR) is 94.7 cm³/mol. The van der Waals surface area contributed by atoms with Gasteiger partial charge in [0.05, 0.1) is 11.1 Å². The van der Waals surface area contributed by atoms with E-state index >= 15 is 0 Å². The molecular formula is C20H20O4. The SMILES string of the molecule is Cc1cc(/C=C/c2cc(C)c(C(=O)O)c(C)c2)cc(C)c1C(=O)O. The summed E-state index contributed by atoms with van der Waals surface area (Å²) in [6.45, 7) is 7.13. The van der Waals surface area contributed by atoms with Gasteiger partial charge in [-0.25, -0.2) is 9.59 Å². The maximum absolute atomic E-state index is 11.2. The third kappa shape index (κ3) is 3.54. The Morgan fingerprint density at radius 1 is 0.667 bits per heavy atom. The summed E-state index contributed by atoms with van der Waals surface area (Å²) in [5.74, 6) is -1.84. The van der Waals surface area contributed by atoms with E-state index in [-0.39, 0.29) is 0 Å². The first kappa shape index (κ1) is 17.5. The minimum absolute atomic E-state index is 0.338. The summed E-state index contributed by atoms with van der Waals surface area (Å²) in [5.41, 5.74) is 5.37. The largest absolute Gasteiger partial charge is 0.478 e. The average molecular weight is 324 g/mol. The van der Waals surface area contributed by atoms with Crippen LogP contribution in [0.25, 0.3) is 12.2 Å². The molecule has 2 aromatic carbocycles. The first-order chi connectivity index (χ1) is 11.2. The van der Waals surface area contributed by atoms with E-state index in [0.29, 0.717) is 11.1 Å². The zero-order valence-corrected chi connectivity index (χ0v) is 14.2. The van der Waals surface area contributed by atoms with Crippen molar-refractivity contribution in [2.45, 2.75) is 27.7 Å². The smallest absolute Gasteiger partial charge is 0.336 e. The summed E-state index contributed by atoms with van der Waals surface area (Å²) in [6.07, 6.45) is 3.81. The van der Waals surface area contributed by atoms with Crippen LogP contribution < -0.4 is 0 Å². The third-order valence-corrected chi connectivity index (χ3v) is 4.01. The number of aromatic carboxylic acids is 2. The van der Waals surface area contributed by atoms with E-state index in [0.717, 1.165) is 33.4 Å². The van der Waals surface area contributed by atoms with Gasteiger partial charge in [-0.05, 0) is 61.1 Å². The Kier molecular flexibility index (Phi) is 4.88. The molecule has 2 aromatic rings. The van der Waals surface area contributed by atoms with Crippen molar-refractivity contribution in [3.05, 3.63) is 68.8 Å². The second-order valence-corrected chi connectivity index (χ2v) is 6.00. The Morgan fingerprint density at radius 3 is 1.12 bits per heavy atom. The number of benzene rings is 2. The van der Waals surface area contributed by atoms with Crippen molar-refractivity contribution < 1.29 is 19.8 Å². The van der Waals surface area contributed by atoms with Crippen molar-refractivity contribution in [1.29, 1.82) is 0 Å². The maximum atomic E-state index is 11.2. The Morgan fingerprint density at radius 2 is 0.917 bits per heavy atom. The lowest BCUT2D eigenvalue weighted by Gasteiger charge is -2.08. The third-order valence-electron chi connectivity index (χ3n) is 4.01. The highest BCUT2D eigenvalue weighted by Crippen LogP contribution is 2.21. The molecular weight excluding hydrogens is 304 g/mol. The van der Waals surface area contributed by atoms with E-state index in [1.807, 2.05) is 36.4 Å². The molecule has 0 aromatic heterocycles. The van der Waals surface area contributed by atoms with Gasteiger partial charge in [0.2, 0.25) is 0 Å². The minimum atomic E-state index is -0.920. The maximum Gasteiger partial charge on any atom is 0.336 e. The van der Waals surface area contributed by atoms with Crippen LogP contribution in [0.4, 0.5) is 0 Å². The van der Waals surface area contributed by atoms with Crippen molar-refractivity contribution in [3.63, 3.8) is 0 Å². The number of rotatable bonds is 4. The fraction of sp³-hybridized carbons (Fsp3) is 0.200. The van der Waals surface area contributed by atoms with Gasteiger partial charge < -0.3 is 10.2 Å². The zero-order valence-electron chi connectivity index (χ0n) is 14.2. The second kappa shape index (κ2) is 6.71. The molecule has 0 atom stereocenters. The normalized spacial score (nSPS) is 11.0. The standard InChI is InChI=1S/C20H20O4/c1-11-7-15(8-12(2)17(11)19(21)22)5-6-16-9-13(3)18(20(23)24)14(4)10-16/h5-10H,1-4H3,(H,21,22)(H,23,24)/b6-5+. The monoisotopic (exact) mass is 324 g/mol. The summed E-state index contributed by atoms with van der Waals surface area (Å²) in [7, 11) is 0. The van der Waals surface area contributed by atoms with E-state index < -0.39 is 11.9 Å². The molecule has 2 N–H and O–H groups in total. The molecule has 0 aliphatic carbocycles. The number of carboxylic acid groups (broad SMARTS) is 2. The van der Waals surface area contributed by atoms with E-state index in [2.05, 4.69) is 0 Å². The molecule has 0 aliphatic rings. The molecule has 0 spiro atoms. The summed E-state index contributed by atoms with van der Waals surface area (Å²) in [6, 6.07) is 7.33. The molecule has 0 heterocycles. The van der Waals surface area contributed by atoms with E-state index in [1.165, 1.54) is 0 Å². The summed E-state index contributed by atoms with van der Waals surface area (Å²) in [5, 5.41) is 18.4. The second-order valence-electron chi connectivity index (χ2n) is 6.00. The van der Waals surface area contributed by atoms with Crippen LogP contribution in [0.2, 0.25) is 0 Å². The molecule has 0 saturated heterocycles. The molecule has 2 rings (SSSR count). The zero-order chi connectivity index (χ0) is 18.0. The molecule has 4 heteroatoms. The van der Waals surface area contributed by atoms with Crippen LogP contribution in [-0.4, -0.2) is 22.2 Å². The fourth-order valence-corrected chi connectivity index (χ4v) is 3.05. The van der Waals surface area contributed by atoms with Crippen LogP contribution >= 0.6 is 0 Å². The van der Waals surface area contributed by atoms with Gasteiger partial charge in [-0.1, -0.05) is 36.4 Å². The molecule has 0 fully saturated rings. The first-order valence-electron chi connectivity index (χ1n) is 7.58. The highest BCUT2D eigenvalue weighted by Gasteiger charge is 2.12. The highest BCUT2D eigenvalue weighted by atomic mass is 16.4. The topological polar surface area (TPSA) is 74.6 Å². The quantitative estimate of drug-likeness (QED) is 0.813. The van der Waals surface area contributed by atoms with Crippen molar-refractivity contribution in [1.82, 2.24) is 0 Å². The number of hydrogen-bond acceptors (Lipinski definition) is 2. The Bertz CT molecular complexity index is 742. The van der Waals surface area contributed by atoms with Gasteiger partial charge in [0.25, 0.3) is 0 Å². The van der Waals surface area contributed by atoms with Crippen LogP contribution in [0.3, 0.4) is 0 Å². The molecule has 0 saturated carbocycles. The van der Waals surface area contributed by atoms with Crippen LogP contribution in [0.1, 0.15) is 54.1 Å². The van der Waals surface area contributed by atoms with Gasteiger partial charge in [-0.3, -0.25) is 0 Å². The minimum Gasteiger partial charge on any atom is -0.478 e. The highest BCUT2D eigenvalue weighted by molar-refractivity contribution is 5.92. The Labute approximate surface area is 141 Å². The van der Waals surface area contributed by atoms with Crippen molar-refractivity contribution in [2.24, 2.45) is 0 Å². The van der Waals surface area contributed by atoms with Gasteiger partial charge in [-0.15, -0.1) is 0 Å².